The van der Waals surface area contributed by atoms with Gasteiger partial charge >= 0.3 is 0 Å². The maximum atomic E-state index is 14.4. The molecule has 3 N–H and O–H groups in total. The summed E-state index contributed by atoms with van der Waals surface area (Å²) in [5.41, 5.74) is 2.83. The fourth-order valence-corrected chi connectivity index (χ4v) is 3.57. The monoisotopic (exact) mass is 427 g/mol. The molecule has 4 rings (SSSR count). The Hall–Kier alpha value is -3.10. The number of aromatic nitrogens is 3. The molecule has 9 heteroatoms. The first-order valence-electron chi connectivity index (χ1n) is 9.52. The van der Waals surface area contributed by atoms with Crippen LogP contribution in [0.4, 0.5) is 15.9 Å². The number of amides is 1. The van der Waals surface area contributed by atoms with Crippen LogP contribution in [-0.2, 0) is 12.8 Å². The van der Waals surface area contributed by atoms with Crippen LogP contribution in [0.3, 0.4) is 0 Å². The van der Waals surface area contributed by atoms with E-state index in [1.54, 1.807) is 12.3 Å². The van der Waals surface area contributed by atoms with Crippen LogP contribution < -0.4 is 10.6 Å². The van der Waals surface area contributed by atoms with Gasteiger partial charge in [-0.05, 0) is 43.5 Å². The fourth-order valence-electron chi connectivity index (χ4n) is 3.40. The SMILES string of the molecule is O=C(NCCO)c1cnccc1Nc1nc(-c2cc(Cl)ccc2F)nc2c1CCC2. The maximum Gasteiger partial charge on any atom is 0.255 e. The quantitative estimate of drug-likeness (QED) is 0.558. The highest BCUT2D eigenvalue weighted by atomic mass is 35.5. The van der Waals surface area contributed by atoms with Crippen molar-refractivity contribution >= 4 is 29.0 Å². The van der Waals surface area contributed by atoms with Crippen LogP contribution >= 0.6 is 11.6 Å². The van der Waals surface area contributed by atoms with E-state index < -0.39 is 5.82 Å². The summed E-state index contributed by atoms with van der Waals surface area (Å²) in [6.45, 7) is -0.0307. The van der Waals surface area contributed by atoms with Crippen LogP contribution in [0.2, 0.25) is 5.02 Å². The van der Waals surface area contributed by atoms with Crippen molar-refractivity contribution in [3.8, 4) is 11.4 Å². The summed E-state index contributed by atoms with van der Waals surface area (Å²) in [6.07, 6.45) is 5.47. The Bertz CT molecular complexity index is 1110. The lowest BCUT2D eigenvalue weighted by molar-refractivity contribution is 0.0945. The average molecular weight is 428 g/mol. The molecule has 0 fully saturated rings. The number of aliphatic hydroxyl groups is 1. The molecule has 0 saturated carbocycles. The number of rotatable bonds is 6. The number of hydrogen-bond donors (Lipinski definition) is 3. The van der Waals surface area contributed by atoms with Crippen molar-refractivity contribution in [1.82, 2.24) is 20.3 Å². The first kappa shape index (κ1) is 20.2. The smallest absolute Gasteiger partial charge is 0.255 e. The van der Waals surface area contributed by atoms with E-state index in [2.05, 4.69) is 25.6 Å². The van der Waals surface area contributed by atoms with Crippen molar-refractivity contribution in [1.29, 1.82) is 0 Å². The van der Waals surface area contributed by atoms with Gasteiger partial charge in [-0.15, -0.1) is 0 Å². The van der Waals surface area contributed by atoms with E-state index in [9.17, 15) is 9.18 Å². The van der Waals surface area contributed by atoms with E-state index in [1.807, 2.05) is 0 Å². The van der Waals surface area contributed by atoms with Gasteiger partial charge in [-0.25, -0.2) is 14.4 Å². The van der Waals surface area contributed by atoms with E-state index >= 15 is 0 Å². The molecule has 0 bridgehead atoms. The molecule has 0 aliphatic heterocycles. The Morgan fingerprint density at radius 3 is 2.93 bits per heavy atom. The second-order valence-electron chi connectivity index (χ2n) is 6.82. The molecule has 30 heavy (non-hydrogen) atoms. The number of aliphatic hydroxyl groups excluding tert-OH is 1. The molecule has 1 aromatic carbocycles. The van der Waals surface area contributed by atoms with Crippen molar-refractivity contribution in [2.75, 3.05) is 18.5 Å². The molecule has 0 radical (unpaired) electrons. The molecule has 154 valence electrons. The molecular formula is C21H19ClFN5O2. The minimum Gasteiger partial charge on any atom is -0.395 e. The summed E-state index contributed by atoms with van der Waals surface area (Å²) in [5, 5.41) is 15.2. The lowest BCUT2D eigenvalue weighted by atomic mass is 10.1. The van der Waals surface area contributed by atoms with Crippen molar-refractivity contribution in [2.24, 2.45) is 0 Å². The number of carbonyl (C=O) groups excluding carboxylic acids is 1. The number of nitrogens with zero attached hydrogens (tertiary/aromatic N) is 3. The molecule has 2 aromatic heterocycles. The highest BCUT2D eigenvalue weighted by Gasteiger charge is 2.22. The highest BCUT2D eigenvalue weighted by Crippen LogP contribution is 2.33. The molecule has 1 amide bonds. The third kappa shape index (κ3) is 4.10. The number of halogens is 2. The normalized spacial score (nSPS) is 12.5. The standard InChI is InChI=1S/C21H19ClFN5O2/c22-12-4-5-16(23)14(10-12)20-26-17-3-1-2-13(17)19(28-20)27-18-6-7-24-11-15(18)21(30)25-8-9-29/h4-7,10-11,29H,1-3,8-9H2,(H,25,30)(H,24,26,27,28). The van der Waals surface area contributed by atoms with Gasteiger partial charge in [0.15, 0.2) is 5.82 Å². The van der Waals surface area contributed by atoms with Crippen LogP contribution in [0.25, 0.3) is 11.4 Å². The molecule has 0 unspecified atom stereocenters. The summed E-state index contributed by atoms with van der Waals surface area (Å²) in [6, 6.07) is 5.92. The molecule has 1 aliphatic carbocycles. The van der Waals surface area contributed by atoms with Gasteiger partial charge in [0.05, 0.1) is 23.4 Å². The minimum absolute atomic E-state index is 0.133. The third-order valence-electron chi connectivity index (χ3n) is 4.82. The Labute approximate surface area is 177 Å². The maximum absolute atomic E-state index is 14.4. The number of fused-ring (bicyclic) bond motifs is 1. The van der Waals surface area contributed by atoms with Gasteiger partial charge in [-0.3, -0.25) is 9.78 Å². The highest BCUT2D eigenvalue weighted by molar-refractivity contribution is 6.30. The van der Waals surface area contributed by atoms with Gasteiger partial charge in [0.25, 0.3) is 5.91 Å². The second kappa shape index (κ2) is 8.73. The van der Waals surface area contributed by atoms with Crippen LogP contribution in [0.1, 0.15) is 28.0 Å². The van der Waals surface area contributed by atoms with Gasteiger partial charge in [0, 0.05) is 35.2 Å². The predicted molar refractivity (Wildman–Crippen MR) is 111 cm³/mol. The summed E-state index contributed by atoms with van der Waals surface area (Å²) in [5.74, 6) is -0.0736. The molecule has 2 heterocycles. The second-order valence-corrected chi connectivity index (χ2v) is 7.26. The first-order chi connectivity index (χ1) is 14.6. The van der Waals surface area contributed by atoms with Crippen LogP contribution in [0.15, 0.2) is 36.7 Å². The molecular weight excluding hydrogens is 409 g/mol. The van der Waals surface area contributed by atoms with Gasteiger partial charge in [-0.1, -0.05) is 11.6 Å². The summed E-state index contributed by atoms with van der Waals surface area (Å²) in [4.78, 5) is 25.6. The Morgan fingerprint density at radius 2 is 2.10 bits per heavy atom. The summed E-state index contributed by atoms with van der Waals surface area (Å²) >= 11 is 6.04. The van der Waals surface area contributed by atoms with Gasteiger partial charge in [0.1, 0.15) is 11.6 Å². The van der Waals surface area contributed by atoms with E-state index in [4.69, 9.17) is 16.7 Å². The molecule has 1 aliphatic rings. The largest absolute Gasteiger partial charge is 0.395 e. The summed E-state index contributed by atoms with van der Waals surface area (Å²) < 4.78 is 14.4. The summed E-state index contributed by atoms with van der Waals surface area (Å²) in [7, 11) is 0. The van der Waals surface area contributed by atoms with E-state index in [1.165, 1.54) is 24.4 Å². The third-order valence-corrected chi connectivity index (χ3v) is 5.05. The van der Waals surface area contributed by atoms with Crippen LogP contribution in [-0.4, -0.2) is 39.1 Å². The minimum atomic E-state index is -0.462. The van der Waals surface area contributed by atoms with Crippen molar-refractivity contribution in [3.05, 3.63) is 64.3 Å². The molecule has 0 atom stereocenters. The van der Waals surface area contributed by atoms with Crippen molar-refractivity contribution < 1.29 is 14.3 Å². The van der Waals surface area contributed by atoms with E-state index in [-0.39, 0.29) is 30.4 Å². The number of hydrogen-bond acceptors (Lipinski definition) is 6. The number of pyridine rings is 1. The van der Waals surface area contributed by atoms with Gasteiger partial charge < -0.3 is 15.7 Å². The zero-order chi connectivity index (χ0) is 21.1. The number of aryl methyl sites for hydroxylation is 1. The van der Waals surface area contributed by atoms with Crippen LogP contribution in [0, 0.1) is 5.82 Å². The molecule has 0 spiro atoms. The molecule has 7 nitrogen and oxygen atoms in total. The van der Waals surface area contributed by atoms with Gasteiger partial charge in [-0.2, -0.15) is 0 Å². The Kier molecular flexibility index (Phi) is 5.87. The van der Waals surface area contributed by atoms with Gasteiger partial charge in [0.2, 0.25) is 0 Å². The average Bonchev–Trinajstić information content (AvgIpc) is 3.23. The number of nitrogens with one attached hydrogen (secondary N) is 2. The molecule has 3 aromatic rings. The lowest BCUT2D eigenvalue weighted by Crippen LogP contribution is -2.27. The topological polar surface area (TPSA) is 100 Å². The predicted octanol–water partition coefficient (Wildman–Crippen LogP) is 3.29. The van der Waals surface area contributed by atoms with Crippen LogP contribution in [0.5, 0.6) is 0 Å². The number of anilines is 2. The number of carbonyl (C=O) groups is 1. The van der Waals surface area contributed by atoms with E-state index in [0.29, 0.717) is 22.1 Å². The number of benzene rings is 1. The zero-order valence-corrected chi connectivity index (χ0v) is 16.7. The fraction of sp³-hybridized carbons (Fsp3) is 0.238. The Morgan fingerprint density at radius 1 is 1.23 bits per heavy atom. The Balaban J connectivity index is 1.75. The van der Waals surface area contributed by atoms with Crippen molar-refractivity contribution in [2.45, 2.75) is 19.3 Å². The van der Waals surface area contributed by atoms with E-state index in [0.717, 1.165) is 30.5 Å². The molecule has 0 saturated heterocycles. The zero-order valence-electron chi connectivity index (χ0n) is 16.0. The lowest BCUT2D eigenvalue weighted by Gasteiger charge is -2.15. The first-order valence-corrected chi connectivity index (χ1v) is 9.90. The van der Waals surface area contributed by atoms with Crippen molar-refractivity contribution in [3.63, 3.8) is 0 Å².